The van der Waals surface area contributed by atoms with Crippen LogP contribution < -0.4 is 0 Å². The molecule has 3 rings (SSSR count). The van der Waals surface area contributed by atoms with Crippen molar-refractivity contribution in [2.24, 2.45) is 5.92 Å². The Morgan fingerprint density at radius 2 is 1.94 bits per heavy atom. The lowest BCUT2D eigenvalue weighted by molar-refractivity contribution is 0.195. The first-order valence-electron chi connectivity index (χ1n) is 6.98. The molecule has 1 atom stereocenters. The summed E-state index contributed by atoms with van der Waals surface area (Å²) in [5, 5.41) is 4.22. The minimum absolute atomic E-state index is 0.692. The molecule has 2 fully saturated rings. The highest BCUT2D eigenvalue weighted by Crippen LogP contribution is 2.28. The normalized spacial score (nSPS) is 26.9. The molecule has 2 heterocycles. The van der Waals surface area contributed by atoms with E-state index in [0.717, 1.165) is 12.5 Å². The molecule has 1 saturated heterocycles. The fourth-order valence-corrected chi connectivity index (χ4v) is 3.41. The van der Waals surface area contributed by atoms with Gasteiger partial charge in [-0.3, -0.25) is 9.58 Å². The molecule has 2 aliphatic rings. The van der Waals surface area contributed by atoms with Crippen molar-refractivity contribution in [1.82, 2.24) is 19.7 Å². The lowest BCUT2D eigenvalue weighted by Gasteiger charge is -2.27. The third kappa shape index (κ3) is 2.68. The van der Waals surface area contributed by atoms with E-state index in [0.29, 0.717) is 6.04 Å². The number of aromatic nitrogens is 3. The predicted molar refractivity (Wildman–Crippen MR) is 66.6 cm³/mol. The van der Waals surface area contributed by atoms with E-state index < -0.39 is 0 Å². The van der Waals surface area contributed by atoms with Gasteiger partial charge in [0.1, 0.15) is 12.7 Å². The van der Waals surface area contributed by atoms with E-state index in [2.05, 4.69) is 15.0 Å². The Hall–Kier alpha value is -0.900. The fourth-order valence-electron chi connectivity index (χ4n) is 3.41. The zero-order valence-corrected chi connectivity index (χ0v) is 10.5. The first kappa shape index (κ1) is 11.2. The Balaban J connectivity index is 1.55. The largest absolute Gasteiger partial charge is 0.298 e. The van der Waals surface area contributed by atoms with Crippen LogP contribution in [0.15, 0.2) is 12.7 Å². The Labute approximate surface area is 103 Å². The number of hydrogen-bond acceptors (Lipinski definition) is 3. The van der Waals surface area contributed by atoms with Crippen LogP contribution in [-0.2, 0) is 6.54 Å². The zero-order valence-electron chi connectivity index (χ0n) is 10.5. The van der Waals surface area contributed by atoms with Gasteiger partial charge in [0.25, 0.3) is 0 Å². The molecule has 1 aliphatic carbocycles. The number of rotatable bonds is 4. The molecule has 0 spiro atoms. The third-order valence-corrected chi connectivity index (χ3v) is 4.33. The Morgan fingerprint density at radius 3 is 2.71 bits per heavy atom. The van der Waals surface area contributed by atoms with Gasteiger partial charge < -0.3 is 0 Å². The van der Waals surface area contributed by atoms with Crippen LogP contribution in [-0.4, -0.2) is 38.8 Å². The number of likely N-dealkylation sites (tertiary alicyclic amines) is 1. The molecule has 1 aromatic rings. The highest BCUT2D eigenvalue weighted by atomic mass is 15.3. The molecule has 0 aromatic carbocycles. The number of hydrogen-bond donors (Lipinski definition) is 0. The van der Waals surface area contributed by atoms with Gasteiger partial charge in [-0.05, 0) is 38.1 Å². The highest BCUT2D eigenvalue weighted by molar-refractivity contribution is 4.82. The van der Waals surface area contributed by atoms with Crippen molar-refractivity contribution in [1.29, 1.82) is 0 Å². The lowest BCUT2D eigenvalue weighted by Crippen LogP contribution is -2.36. The highest BCUT2D eigenvalue weighted by Gasteiger charge is 2.28. The Morgan fingerprint density at radius 1 is 1.06 bits per heavy atom. The van der Waals surface area contributed by atoms with Crippen molar-refractivity contribution in [3.05, 3.63) is 12.7 Å². The summed E-state index contributed by atoms with van der Waals surface area (Å²) in [6, 6.07) is 0.692. The molecule has 1 aromatic heterocycles. The van der Waals surface area contributed by atoms with E-state index in [9.17, 15) is 0 Å². The SMILES string of the molecule is c1ncn(C[C@H]2CCCN2CC2CCCC2)n1. The van der Waals surface area contributed by atoms with Crippen molar-refractivity contribution < 1.29 is 0 Å². The average molecular weight is 234 g/mol. The topological polar surface area (TPSA) is 34.0 Å². The Kier molecular flexibility index (Phi) is 3.41. The monoisotopic (exact) mass is 234 g/mol. The summed E-state index contributed by atoms with van der Waals surface area (Å²) in [6.07, 6.45) is 12.0. The van der Waals surface area contributed by atoms with E-state index in [1.54, 1.807) is 6.33 Å². The minimum Gasteiger partial charge on any atom is -0.298 e. The molecule has 0 radical (unpaired) electrons. The van der Waals surface area contributed by atoms with E-state index in [4.69, 9.17) is 0 Å². The molecule has 4 heteroatoms. The van der Waals surface area contributed by atoms with Crippen molar-refractivity contribution in [3.8, 4) is 0 Å². The molecule has 1 saturated carbocycles. The van der Waals surface area contributed by atoms with E-state index in [1.165, 1.54) is 51.6 Å². The van der Waals surface area contributed by atoms with Gasteiger partial charge in [-0.25, -0.2) is 4.98 Å². The van der Waals surface area contributed by atoms with E-state index in [1.807, 2.05) is 11.0 Å². The summed E-state index contributed by atoms with van der Waals surface area (Å²) in [4.78, 5) is 6.72. The van der Waals surface area contributed by atoms with Gasteiger partial charge in [0.15, 0.2) is 0 Å². The molecule has 1 aliphatic heterocycles. The van der Waals surface area contributed by atoms with Crippen molar-refractivity contribution in [2.75, 3.05) is 13.1 Å². The molecular weight excluding hydrogens is 212 g/mol. The van der Waals surface area contributed by atoms with Crippen LogP contribution in [0.3, 0.4) is 0 Å². The molecule has 17 heavy (non-hydrogen) atoms. The van der Waals surface area contributed by atoms with Crippen LogP contribution in [0, 0.1) is 5.92 Å². The van der Waals surface area contributed by atoms with Gasteiger partial charge in [-0.2, -0.15) is 5.10 Å². The molecule has 94 valence electrons. The van der Waals surface area contributed by atoms with Gasteiger partial charge in [0.05, 0.1) is 6.54 Å². The van der Waals surface area contributed by atoms with Crippen molar-refractivity contribution in [3.63, 3.8) is 0 Å². The van der Waals surface area contributed by atoms with Crippen LogP contribution in [0.2, 0.25) is 0 Å². The van der Waals surface area contributed by atoms with Gasteiger partial charge >= 0.3 is 0 Å². The summed E-state index contributed by atoms with van der Waals surface area (Å²) in [6.45, 7) is 3.63. The van der Waals surface area contributed by atoms with Crippen LogP contribution in [0.25, 0.3) is 0 Å². The van der Waals surface area contributed by atoms with Gasteiger partial charge in [-0.15, -0.1) is 0 Å². The van der Waals surface area contributed by atoms with Crippen LogP contribution in [0.5, 0.6) is 0 Å². The lowest BCUT2D eigenvalue weighted by atomic mass is 10.1. The number of nitrogens with zero attached hydrogens (tertiary/aromatic N) is 4. The van der Waals surface area contributed by atoms with E-state index in [-0.39, 0.29) is 0 Å². The smallest absolute Gasteiger partial charge is 0.137 e. The minimum atomic E-state index is 0.692. The van der Waals surface area contributed by atoms with Gasteiger partial charge in [0, 0.05) is 12.6 Å². The summed E-state index contributed by atoms with van der Waals surface area (Å²) in [7, 11) is 0. The quantitative estimate of drug-likeness (QED) is 0.798. The maximum absolute atomic E-state index is 4.22. The van der Waals surface area contributed by atoms with Crippen LogP contribution in [0.4, 0.5) is 0 Å². The van der Waals surface area contributed by atoms with Crippen LogP contribution in [0.1, 0.15) is 38.5 Å². The second-order valence-corrected chi connectivity index (χ2v) is 5.56. The maximum atomic E-state index is 4.22. The first-order chi connectivity index (χ1) is 8.42. The van der Waals surface area contributed by atoms with Crippen molar-refractivity contribution in [2.45, 2.75) is 51.1 Å². The Bertz CT molecular complexity index is 329. The second kappa shape index (κ2) is 5.17. The van der Waals surface area contributed by atoms with E-state index >= 15 is 0 Å². The molecule has 0 bridgehead atoms. The summed E-state index contributed by atoms with van der Waals surface area (Å²) < 4.78 is 1.98. The standard InChI is InChI=1S/C13H22N4/c1-2-5-12(4-1)8-16-7-3-6-13(16)9-17-11-14-10-15-17/h10-13H,1-9H2/t13-/m1/s1. The third-order valence-electron chi connectivity index (χ3n) is 4.33. The van der Waals surface area contributed by atoms with Crippen LogP contribution >= 0.6 is 0 Å². The fraction of sp³-hybridized carbons (Fsp3) is 0.846. The van der Waals surface area contributed by atoms with Gasteiger partial charge in [-0.1, -0.05) is 12.8 Å². The molecule has 0 unspecified atom stereocenters. The van der Waals surface area contributed by atoms with Crippen molar-refractivity contribution >= 4 is 0 Å². The summed E-state index contributed by atoms with van der Waals surface area (Å²) in [5.41, 5.74) is 0. The second-order valence-electron chi connectivity index (χ2n) is 5.56. The van der Waals surface area contributed by atoms with Gasteiger partial charge in [0.2, 0.25) is 0 Å². The summed E-state index contributed by atoms with van der Waals surface area (Å²) >= 11 is 0. The zero-order chi connectivity index (χ0) is 11.5. The first-order valence-corrected chi connectivity index (χ1v) is 6.98. The maximum Gasteiger partial charge on any atom is 0.137 e. The molecular formula is C13H22N4. The molecule has 0 amide bonds. The molecule has 4 nitrogen and oxygen atoms in total. The summed E-state index contributed by atoms with van der Waals surface area (Å²) in [5.74, 6) is 0.964. The predicted octanol–water partition coefficient (Wildman–Crippen LogP) is 1.93. The average Bonchev–Trinajstić information content (AvgIpc) is 3.04. The molecule has 0 N–H and O–H groups in total.